The Labute approximate surface area is 168 Å². The molecular weight excluding hydrogens is 424 g/mol. The lowest BCUT2D eigenvalue weighted by molar-refractivity contribution is -0.118. The summed E-state index contributed by atoms with van der Waals surface area (Å²) in [5.41, 5.74) is 0.729. The Bertz CT molecular complexity index is 1010. The number of benzene rings is 1. The molecule has 0 unspecified atom stereocenters. The molecule has 3 N–H and O–H groups in total. The summed E-state index contributed by atoms with van der Waals surface area (Å²) in [5, 5.41) is 11.5. The Balaban J connectivity index is 1.99. The zero-order valence-corrected chi connectivity index (χ0v) is 17.7. The maximum atomic E-state index is 12.4. The second kappa shape index (κ2) is 9.54. The van der Waals surface area contributed by atoms with E-state index in [0.29, 0.717) is 17.8 Å². The molecule has 0 bridgehead atoms. The van der Waals surface area contributed by atoms with Crippen molar-refractivity contribution in [3.63, 3.8) is 0 Å². The van der Waals surface area contributed by atoms with E-state index >= 15 is 0 Å². The monoisotopic (exact) mass is 446 g/mol. The molecule has 0 saturated heterocycles. The number of nitrogens with two attached hydrogens (primary N) is 1. The third-order valence-corrected chi connectivity index (χ3v) is 7.45. The van der Waals surface area contributed by atoms with Crippen molar-refractivity contribution in [2.75, 3.05) is 4.72 Å². The van der Waals surface area contributed by atoms with E-state index in [0.717, 1.165) is 31.2 Å². The predicted octanol–water partition coefficient (Wildman–Crippen LogP) is 2.07. The van der Waals surface area contributed by atoms with Crippen LogP contribution in [0.15, 0.2) is 33.5 Å². The maximum Gasteiger partial charge on any atom is 0.267 e. The SMILES string of the molecule is CCCCCCC(=O)Cc1ccc(S(=O)(=O)Nc2nnc(S(N)(=O)=O)s2)cc1. The number of aromatic nitrogens is 2. The van der Waals surface area contributed by atoms with Gasteiger partial charge in [-0.05, 0) is 24.1 Å². The number of rotatable bonds is 11. The van der Waals surface area contributed by atoms with Gasteiger partial charge < -0.3 is 0 Å². The lowest BCUT2D eigenvalue weighted by Gasteiger charge is -2.06. The molecule has 12 heteroatoms. The Morgan fingerprint density at radius 1 is 1.07 bits per heavy atom. The molecule has 0 aliphatic heterocycles. The van der Waals surface area contributed by atoms with Gasteiger partial charge in [0.2, 0.25) is 9.47 Å². The lowest BCUT2D eigenvalue weighted by Crippen LogP contribution is -2.13. The van der Waals surface area contributed by atoms with Gasteiger partial charge in [-0.25, -0.2) is 22.0 Å². The third kappa shape index (κ3) is 6.62. The van der Waals surface area contributed by atoms with Gasteiger partial charge in [0.15, 0.2) is 0 Å². The number of anilines is 1. The fourth-order valence-corrected chi connectivity index (χ4v) is 4.95. The van der Waals surface area contributed by atoms with Crippen molar-refractivity contribution in [2.45, 2.75) is 54.7 Å². The molecule has 0 radical (unpaired) electrons. The molecule has 0 fully saturated rings. The number of nitrogens with one attached hydrogen (secondary N) is 1. The number of sulfonamides is 2. The van der Waals surface area contributed by atoms with Crippen LogP contribution < -0.4 is 9.86 Å². The van der Waals surface area contributed by atoms with Crippen LogP contribution in [-0.2, 0) is 31.3 Å². The Morgan fingerprint density at radius 2 is 1.75 bits per heavy atom. The van der Waals surface area contributed by atoms with Crippen LogP contribution in [0.4, 0.5) is 5.13 Å². The maximum absolute atomic E-state index is 12.4. The van der Waals surface area contributed by atoms with Gasteiger partial charge in [-0.2, -0.15) is 0 Å². The summed E-state index contributed by atoms with van der Waals surface area (Å²) < 4.78 is 48.8. The van der Waals surface area contributed by atoms with Gasteiger partial charge in [0.25, 0.3) is 20.0 Å². The van der Waals surface area contributed by atoms with Gasteiger partial charge >= 0.3 is 0 Å². The smallest absolute Gasteiger partial charge is 0.267 e. The molecule has 1 heterocycles. The summed E-state index contributed by atoms with van der Waals surface area (Å²) in [5.74, 6) is 0.120. The van der Waals surface area contributed by atoms with Crippen LogP contribution in [0.2, 0.25) is 0 Å². The predicted molar refractivity (Wildman–Crippen MR) is 106 cm³/mol. The van der Waals surface area contributed by atoms with Crippen molar-refractivity contribution in [1.82, 2.24) is 10.2 Å². The van der Waals surface area contributed by atoms with E-state index in [-0.39, 0.29) is 22.2 Å². The highest BCUT2D eigenvalue weighted by atomic mass is 32.2. The van der Waals surface area contributed by atoms with E-state index in [1.807, 2.05) is 0 Å². The molecular formula is C16H22N4O5S3. The molecule has 9 nitrogen and oxygen atoms in total. The zero-order valence-electron chi connectivity index (χ0n) is 15.3. The number of unbranched alkanes of at least 4 members (excludes halogenated alkanes) is 3. The van der Waals surface area contributed by atoms with Crippen LogP contribution in [0.3, 0.4) is 0 Å². The van der Waals surface area contributed by atoms with Crippen molar-refractivity contribution in [3.8, 4) is 0 Å². The molecule has 0 saturated carbocycles. The van der Waals surface area contributed by atoms with Crippen LogP contribution >= 0.6 is 11.3 Å². The normalized spacial score (nSPS) is 12.1. The number of carbonyl (C=O) groups excluding carboxylic acids is 1. The van der Waals surface area contributed by atoms with E-state index < -0.39 is 24.4 Å². The number of primary sulfonamides is 1. The minimum absolute atomic E-state index is 0.0426. The quantitative estimate of drug-likeness (QED) is 0.502. The molecule has 1 aromatic carbocycles. The molecule has 0 aliphatic rings. The zero-order chi connectivity index (χ0) is 20.8. The van der Waals surface area contributed by atoms with Gasteiger partial charge in [0.1, 0.15) is 5.78 Å². The van der Waals surface area contributed by atoms with E-state index in [1.54, 1.807) is 12.1 Å². The molecule has 28 heavy (non-hydrogen) atoms. The standard InChI is InChI=1S/C16H22N4O5S3/c1-2-3-4-5-6-13(21)11-12-7-9-14(10-8-12)28(24,25)20-15-18-19-16(26-15)27(17,22)23/h7-10H,2-6,11H2,1H3,(H,18,20)(H2,17,22,23). The first-order chi connectivity index (χ1) is 13.1. The topological polar surface area (TPSA) is 149 Å². The van der Waals surface area contributed by atoms with Crippen molar-refractivity contribution >= 4 is 42.3 Å². The summed E-state index contributed by atoms with van der Waals surface area (Å²) >= 11 is 0.514. The first-order valence-corrected chi connectivity index (χ1v) is 12.5. The van der Waals surface area contributed by atoms with Crippen LogP contribution in [0.25, 0.3) is 0 Å². The summed E-state index contributed by atoms with van der Waals surface area (Å²) in [7, 11) is -8.03. The highest BCUT2D eigenvalue weighted by Gasteiger charge is 2.20. The number of hydrogen-bond acceptors (Lipinski definition) is 8. The van der Waals surface area contributed by atoms with Crippen molar-refractivity contribution in [3.05, 3.63) is 29.8 Å². The van der Waals surface area contributed by atoms with E-state index in [4.69, 9.17) is 5.14 Å². The van der Waals surface area contributed by atoms with Crippen molar-refractivity contribution < 1.29 is 21.6 Å². The average molecular weight is 447 g/mol. The highest BCUT2D eigenvalue weighted by molar-refractivity contribution is 7.93. The molecule has 0 aliphatic carbocycles. The number of ketones is 1. The van der Waals surface area contributed by atoms with Crippen LogP contribution in [-0.4, -0.2) is 32.8 Å². The van der Waals surface area contributed by atoms with E-state index in [1.165, 1.54) is 12.1 Å². The van der Waals surface area contributed by atoms with E-state index in [9.17, 15) is 21.6 Å². The molecule has 1 aromatic heterocycles. The molecule has 154 valence electrons. The van der Waals surface area contributed by atoms with Gasteiger partial charge in [-0.1, -0.05) is 49.7 Å². The molecule has 0 atom stereocenters. The van der Waals surface area contributed by atoms with Gasteiger partial charge in [0.05, 0.1) is 4.90 Å². The second-order valence-corrected chi connectivity index (χ2v) is 10.6. The third-order valence-electron chi connectivity index (χ3n) is 3.82. The Morgan fingerprint density at radius 3 is 2.32 bits per heavy atom. The van der Waals surface area contributed by atoms with Crippen LogP contribution in [0.5, 0.6) is 0 Å². The van der Waals surface area contributed by atoms with E-state index in [2.05, 4.69) is 21.8 Å². The minimum Gasteiger partial charge on any atom is -0.299 e. The Kier molecular flexibility index (Phi) is 7.63. The van der Waals surface area contributed by atoms with Crippen molar-refractivity contribution in [2.24, 2.45) is 5.14 Å². The summed E-state index contributed by atoms with van der Waals surface area (Å²) in [6.45, 7) is 2.11. The number of Topliss-reactive ketones (excluding diaryl/α,β-unsaturated/α-hetero) is 1. The number of hydrogen-bond donors (Lipinski definition) is 2. The summed E-state index contributed by atoms with van der Waals surface area (Å²) in [6, 6.07) is 5.91. The van der Waals surface area contributed by atoms with Crippen LogP contribution in [0.1, 0.15) is 44.6 Å². The highest BCUT2D eigenvalue weighted by Crippen LogP contribution is 2.22. The average Bonchev–Trinajstić information content (AvgIpc) is 3.07. The van der Waals surface area contributed by atoms with Crippen LogP contribution in [0, 0.1) is 0 Å². The Hall–Kier alpha value is -1.89. The molecule has 2 rings (SSSR count). The fourth-order valence-electron chi connectivity index (χ4n) is 2.39. The minimum atomic E-state index is -4.05. The number of nitrogens with zero attached hydrogens (tertiary/aromatic N) is 2. The lowest BCUT2D eigenvalue weighted by atomic mass is 10.0. The fraction of sp³-hybridized carbons (Fsp3) is 0.438. The van der Waals surface area contributed by atoms with Gasteiger partial charge in [-0.15, -0.1) is 10.2 Å². The van der Waals surface area contributed by atoms with Gasteiger partial charge in [0, 0.05) is 12.8 Å². The van der Waals surface area contributed by atoms with Gasteiger partial charge in [-0.3, -0.25) is 9.52 Å². The molecule has 2 aromatic rings. The first kappa shape index (κ1) is 22.4. The summed E-state index contributed by atoms with van der Waals surface area (Å²) in [4.78, 5) is 11.9. The largest absolute Gasteiger partial charge is 0.299 e. The molecule has 0 spiro atoms. The number of carbonyl (C=O) groups is 1. The van der Waals surface area contributed by atoms with Crippen molar-refractivity contribution in [1.29, 1.82) is 0 Å². The summed E-state index contributed by atoms with van der Waals surface area (Å²) in [6.07, 6.45) is 4.90. The molecule has 0 amide bonds. The second-order valence-electron chi connectivity index (χ2n) is 6.19. The first-order valence-electron chi connectivity index (χ1n) is 8.61.